The number of carboxylic acids is 1. The first-order chi connectivity index (χ1) is 8.17. The van der Waals surface area contributed by atoms with Crippen molar-refractivity contribution in [3.63, 3.8) is 0 Å². The minimum atomic E-state index is -0.795. The van der Waals surface area contributed by atoms with Gasteiger partial charge in [-0.1, -0.05) is 31.2 Å². The van der Waals surface area contributed by atoms with Crippen molar-refractivity contribution in [1.82, 2.24) is 4.90 Å². The molecule has 0 fully saturated rings. The Hall–Kier alpha value is -1.39. The molecule has 0 aliphatic carbocycles. The van der Waals surface area contributed by atoms with Gasteiger partial charge >= 0.3 is 5.97 Å². The quantitative estimate of drug-likeness (QED) is 0.784. The summed E-state index contributed by atoms with van der Waals surface area (Å²) in [6.07, 6.45) is 0. The van der Waals surface area contributed by atoms with Crippen LogP contribution in [0, 0.1) is 0 Å². The van der Waals surface area contributed by atoms with E-state index in [2.05, 4.69) is 0 Å². The number of carboxylic acid groups (broad SMARTS) is 1. The van der Waals surface area contributed by atoms with Crippen LogP contribution in [0.5, 0.6) is 0 Å². The Morgan fingerprint density at radius 1 is 1.35 bits per heavy atom. The number of hydrogen-bond acceptors (Lipinski definition) is 3. The Morgan fingerprint density at radius 2 is 2.00 bits per heavy atom. The number of aliphatic carboxylic acids is 1. The average Bonchev–Trinajstić information content (AvgIpc) is 2.30. The van der Waals surface area contributed by atoms with E-state index in [1.165, 1.54) is 0 Å². The Bertz CT molecular complexity index is 365. The molecule has 1 aromatic carbocycles. The molecule has 0 aromatic heterocycles. The van der Waals surface area contributed by atoms with Crippen LogP contribution in [0.15, 0.2) is 24.3 Å². The molecule has 1 rings (SSSR count). The maximum Gasteiger partial charge on any atom is 0.317 e. The van der Waals surface area contributed by atoms with Gasteiger partial charge in [-0.15, -0.1) is 0 Å². The second-order valence-corrected chi connectivity index (χ2v) is 3.90. The van der Waals surface area contributed by atoms with Crippen molar-refractivity contribution >= 4 is 5.97 Å². The molecule has 0 saturated heterocycles. The lowest BCUT2D eigenvalue weighted by atomic mass is 10.1. The van der Waals surface area contributed by atoms with E-state index in [4.69, 9.17) is 9.84 Å². The fourth-order valence-corrected chi connectivity index (χ4v) is 1.72. The van der Waals surface area contributed by atoms with E-state index in [1.807, 2.05) is 36.1 Å². The standard InChI is InChI=1S/C13H19NO3/c1-3-14(9-13(15)16)8-11-6-4-5-7-12(11)10-17-2/h4-7H,3,8-10H2,1-2H3,(H,15,16). The molecule has 0 bridgehead atoms. The molecule has 0 aliphatic heterocycles. The van der Waals surface area contributed by atoms with Gasteiger partial charge in [0.25, 0.3) is 0 Å². The van der Waals surface area contributed by atoms with Crippen LogP contribution in [-0.4, -0.2) is 36.2 Å². The number of likely N-dealkylation sites (N-methyl/N-ethyl adjacent to an activating group) is 1. The molecule has 17 heavy (non-hydrogen) atoms. The van der Waals surface area contributed by atoms with Gasteiger partial charge in [0, 0.05) is 13.7 Å². The molecule has 0 atom stereocenters. The molecule has 1 N–H and O–H groups in total. The van der Waals surface area contributed by atoms with E-state index in [0.29, 0.717) is 19.7 Å². The van der Waals surface area contributed by atoms with Crippen LogP contribution < -0.4 is 0 Å². The lowest BCUT2D eigenvalue weighted by molar-refractivity contribution is -0.138. The van der Waals surface area contributed by atoms with Crippen molar-refractivity contribution in [2.24, 2.45) is 0 Å². The molecule has 1 aromatic rings. The van der Waals surface area contributed by atoms with Crippen molar-refractivity contribution in [3.8, 4) is 0 Å². The topological polar surface area (TPSA) is 49.8 Å². The third-order valence-corrected chi connectivity index (χ3v) is 2.62. The zero-order chi connectivity index (χ0) is 12.7. The molecule has 0 unspecified atom stereocenters. The summed E-state index contributed by atoms with van der Waals surface area (Å²) in [5.74, 6) is -0.795. The zero-order valence-corrected chi connectivity index (χ0v) is 10.3. The number of methoxy groups -OCH3 is 1. The number of ether oxygens (including phenoxy) is 1. The molecular formula is C13H19NO3. The molecule has 94 valence electrons. The summed E-state index contributed by atoms with van der Waals surface area (Å²) in [4.78, 5) is 12.6. The van der Waals surface area contributed by atoms with Gasteiger partial charge in [-0.05, 0) is 17.7 Å². The van der Waals surface area contributed by atoms with Crippen molar-refractivity contribution in [3.05, 3.63) is 35.4 Å². The largest absolute Gasteiger partial charge is 0.480 e. The predicted molar refractivity (Wildman–Crippen MR) is 65.7 cm³/mol. The average molecular weight is 237 g/mol. The van der Waals surface area contributed by atoms with E-state index in [-0.39, 0.29) is 6.54 Å². The third-order valence-electron chi connectivity index (χ3n) is 2.62. The van der Waals surface area contributed by atoms with Crippen LogP contribution in [0.3, 0.4) is 0 Å². The molecule has 0 heterocycles. The molecule has 4 heteroatoms. The lowest BCUT2D eigenvalue weighted by Crippen LogP contribution is -2.29. The summed E-state index contributed by atoms with van der Waals surface area (Å²) in [7, 11) is 1.66. The van der Waals surface area contributed by atoms with Crippen LogP contribution in [0.2, 0.25) is 0 Å². The normalized spacial score (nSPS) is 10.8. The van der Waals surface area contributed by atoms with E-state index in [1.54, 1.807) is 7.11 Å². The first-order valence-electron chi connectivity index (χ1n) is 5.67. The summed E-state index contributed by atoms with van der Waals surface area (Å²) < 4.78 is 5.13. The fourth-order valence-electron chi connectivity index (χ4n) is 1.72. The van der Waals surface area contributed by atoms with Crippen LogP contribution in [0.4, 0.5) is 0 Å². The number of hydrogen-bond donors (Lipinski definition) is 1. The predicted octanol–water partition coefficient (Wildman–Crippen LogP) is 1.74. The van der Waals surface area contributed by atoms with Crippen molar-refractivity contribution in [2.75, 3.05) is 20.2 Å². The maximum absolute atomic E-state index is 10.7. The number of rotatable bonds is 7. The maximum atomic E-state index is 10.7. The van der Waals surface area contributed by atoms with E-state index in [9.17, 15) is 4.79 Å². The van der Waals surface area contributed by atoms with Crippen LogP contribution in [0.25, 0.3) is 0 Å². The van der Waals surface area contributed by atoms with Gasteiger partial charge in [-0.3, -0.25) is 9.69 Å². The van der Waals surface area contributed by atoms with Gasteiger partial charge in [0.05, 0.1) is 13.2 Å². The van der Waals surface area contributed by atoms with Crippen LogP contribution in [0.1, 0.15) is 18.1 Å². The Kier molecular flexibility index (Phi) is 5.66. The SMILES string of the molecule is CCN(CC(=O)O)Cc1ccccc1COC. The Balaban J connectivity index is 2.74. The van der Waals surface area contributed by atoms with Gasteiger partial charge in [0.15, 0.2) is 0 Å². The molecule has 4 nitrogen and oxygen atoms in total. The molecule has 0 spiro atoms. The number of nitrogens with zero attached hydrogens (tertiary/aromatic N) is 1. The van der Waals surface area contributed by atoms with Gasteiger partial charge in [0.2, 0.25) is 0 Å². The summed E-state index contributed by atoms with van der Waals surface area (Å²) in [5, 5.41) is 8.80. The van der Waals surface area contributed by atoms with Crippen molar-refractivity contribution < 1.29 is 14.6 Å². The summed E-state index contributed by atoms with van der Waals surface area (Å²) in [6.45, 7) is 3.94. The van der Waals surface area contributed by atoms with Crippen molar-refractivity contribution in [1.29, 1.82) is 0 Å². The second-order valence-electron chi connectivity index (χ2n) is 3.90. The number of carbonyl (C=O) groups is 1. The fraction of sp³-hybridized carbons (Fsp3) is 0.462. The van der Waals surface area contributed by atoms with Gasteiger partial charge in [0.1, 0.15) is 0 Å². The molecule has 0 saturated carbocycles. The first kappa shape index (κ1) is 13.7. The minimum absolute atomic E-state index is 0.0673. The van der Waals surface area contributed by atoms with Gasteiger partial charge in [-0.2, -0.15) is 0 Å². The Labute approximate surface area is 102 Å². The molecule has 0 amide bonds. The third kappa shape index (κ3) is 4.54. The Morgan fingerprint density at radius 3 is 2.53 bits per heavy atom. The van der Waals surface area contributed by atoms with E-state index in [0.717, 1.165) is 11.1 Å². The summed E-state index contributed by atoms with van der Waals surface area (Å²) in [5.41, 5.74) is 2.23. The summed E-state index contributed by atoms with van der Waals surface area (Å²) >= 11 is 0. The monoisotopic (exact) mass is 237 g/mol. The first-order valence-corrected chi connectivity index (χ1v) is 5.67. The second kappa shape index (κ2) is 7.04. The molecular weight excluding hydrogens is 218 g/mol. The highest BCUT2D eigenvalue weighted by atomic mass is 16.5. The lowest BCUT2D eigenvalue weighted by Gasteiger charge is -2.19. The van der Waals surface area contributed by atoms with Crippen LogP contribution >= 0.6 is 0 Å². The highest BCUT2D eigenvalue weighted by molar-refractivity contribution is 5.69. The minimum Gasteiger partial charge on any atom is -0.480 e. The van der Waals surface area contributed by atoms with E-state index >= 15 is 0 Å². The molecule has 0 aliphatic rings. The number of benzene rings is 1. The van der Waals surface area contributed by atoms with Gasteiger partial charge in [-0.25, -0.2) is 0 Å². The van der Waals surface area contributed by atoms with E-state index < -0.39 is 5.97 Å². The van der Waals surface area contributed by atoms with Crippen LogP contribution in [-0.2, 0) is 22.7 Å². The highest BCUT2D eigenvalue weighted by Crippen LogP contribution is 2.12. The van der Waals surface area contributed by atoms with Gasteiger partial charge < -0.3 is 9.84 Å². The summed E-state index contributed by atoms with van der Waals surface area (Å²) in [6, 6.07) is 7.95. The smallest absolute Gasteiger partial charge is 0.317 e. The van der Waals surface area contributed by atoms with Crippen molar-refractivity contribution in [2.45, 2.75) is 20.1 Å². The zero-order valence-electron chi connectivity index (χ0n) is 10.3. The highest BCUT2D eigenvalue weighted by Gasteiger charge is 2.10. The molecule has 0 radical (unpaired) electrons.